The molecule has 1 aliphatic carbocycles. The number of nitrogens with zero attached hydrogens (tertiary/aromatic N) is 2. The average molecular weight is 537 g/mol. The minimum absolute atomic E-state index is 0.0768. The molecule has 0 amide bonds. The van der Waals surface area contributed by atoms with E-state index >= 15 is 0 Å². The van der Waals surface area contributed by atoms with Crippen molar-refractivity contribution in [1.82, 2.24) is 0 Å². The Morgan fingerprint density at radius 2 is 0.789 bits per heavy atom. The summed E-state index contributed by atoms with van der Waals surface area (Å²) in [6, 6.07) is 31.6. The predicted molar refractivity (Wildman–Crippen MR) is 151 cm³/mol. The third kappa shape index (κ3) is 4.44. The van der Waals surface area contributed by atoms with Crippen molar-refractivity contribution in [2.24, 2.45) is 8.80 Å². The van der Waals surface area contributed by atoms with Crippen LogP contribution in [-0.2, 0) is 20.0 Å². The summed E-state index contributed by atoms with van der Waals surface area (Å²) in [7, 11) is -8.06. The molecule has 0 saturated heterocycles. The summed E-state index contributed by atoms with van der Waals surface area (Å²) in [6.07, 6.45) is 2.96. The smallest absolute Gasteiger partial charge is 0.199 e. The van der Waals surface area contributed by atoms with Gasteiger partial charge in [0.15, 0.2) is 0 Å². The molecule has 0 spiro atoms. The third-order valence-electron chi connectivity index (χ3n) is 6.35. The first kappa shape index (κ1) is 24.0. The van der Waals surface area contributed by atoms with Gasteiger partial charge in [0, 0.05) is 11.1 Å². The van der Waals surface area contributed by atoms with Crippen molar-refractivity contribution in [3.05, 3.63) is 132 Å². The van der Waals surface area contributed by atoms with E-state index in [1.165, 1.54) is 24.3 Å². The Hall–Kier alpha value is -4.40. The first-order valence-corrected chi connectivity index (χ1v) is 14.6. The first-order valence-electron chi connectivity index (χ1n) is 11.8. The predicted octanol–water partition coefficient (Wildman–Crippen LogP) is 5.92. The van der Waals surface area contributed by atoms with Gasteiger partial charge >= 0.3 is 0 Å². The summed E-state index contributed by atoms with van der Waals surface area (Å²) in [6.45, 7) is 0. The van der Waals surface area contributed by atoms with Crippen molar-refractivity contribution >= 4 is 53.0 Å². The van der Waals surface area contributed by atoms with Gasteiger partial charge in [0.1, 0.15) is 0 Å². The van der Waals surface area contributed by atoms with Gasteiger partial charge in [-0.25, -0.2) is 0 Å². The molecule has 0 aliphatic heterocycles. The highest BCUT2D eigenvalue weighted by Gasteiger charge is 2.23. The van der Waals surface area contributed by atoms with Crippen LogP contribution in [0.25, 0.3) is 21.5 Å². The zero-order valence-electron chi connectivity index (χ0n) is 19.9. The van der Waals surface area contributed by atoms with E-state index in [1.807, 2.05) is 48.5 Å². The van der Waals surface area contributed by atoms with Gasteiger partial charge in [0.25, 0.3) is 20.0 Å². The largest absolute Gasteiger partial charge is 0.282 e. The van der Waals surface area contributed by atoms with Crippen LogP contribution >= 0.6 is 0 Å². The second-order valence-corrected chi connectivity index (χ2v) is 12.0. The lowest BCUT2D eigenvalue weighted by atomic mass is 9.94. The molecule has 6 rings (SSSR count). The Balaban J connectivity index is 1.41. The lowest BCUT2D eigenvalue weighted by Crippen LogP contribution is -2.16. The molecule has 0 fully saturated rings. The molecule has 0 atom stereocenters. The minimum Gasteiger partial charge on any atom is -0.199 e. The zero-order valence-corrected chi connectivity index (χ0v) is 21.5. The number of fused-ring (bicyclic) bond motifs is 3. The van der Waals surface area contributed by atoms with Crippen molar-refractivity contribution in [2.75, 3.05) is 0 Å². The molecule has 5 aromatic rings. The second-order valence-electron chi connectivity index (χ2n) is 8.80. The van der Waals surface area contributed by atoms with Crippen molar-refractivity contribution in [1.29, 1.82) is 0 Å². The molecule has 0 heterocycles. The van der Waals surface area contributed by atoms with Gasteiger partial charge in [-0.2, -0.15) is 25.6 Å². The van der Waals surface area contributed by atoms with Crippen LogP contribution in [0.2, 0.25) is 0 Å². The summed E-state index contributed by atoms with van der Waals surface area (Å²) in [4.78, 5) is 0.154. The van der Waals surface area contributed by atoms with Gasteiger partial charge in [-0.05, 0) is 58.0 Å². The van der Waals surface area contributed by atoms with Crippen LogP contribution < -0.4 is 0 Å². The monoisotopic (exact) mass is 536 g/mol. The molecule has 5 aromatic carbocycles. The number of allylic oxidation sites excluding steroid dienone is 2. The van der Waals surface area contributed by atoms with E-state index in [1.54, 1.807) is 48.5 Å². The number of sulfonamides is 2. The Kier molecular flexibility index (Phi) is 5.78. The molecule has 6 nitrogen and oxygen atoms in total. The zero-order chi connectivity index (χ0) is 26.3. The maximum Gasteiger partial charge on any atom is 0.282 e. The number of benzene rings is 5. The summed E-state index contributed by atoms with van der Waals surface area (Å²) in [5.41, 5.74) is 1.37. The fourth-order valence-corrected chi connectivity index (χ4v) is 6.53. The fourth-order valence-electron chi connectivity index (χ4n) is 4.45. The summed E-state index contributed by atoms with van der Waals surface area (Å²) in [5, 5.41) is 3.44. The lowest BCUT2D eigenvalue weighted by Gasteiger charge is -2.15. The SMILES string of the molecule is O=S(=O)(/N=C1C=C/C(=N\S(=O)(=O)c2ccc3ccccc3c2)c2ccccc2\1)c1ccc2ccccc2c1. The van der Waals surface area contributed by atoms with Crippen molar-refractivity contribution in [3.8, 4) is 0 Å². The molecule has 38 heavy (non-hydrogen) atoms. The average Bonchev–Trinajstić information content (AvgIpc) is 2.93. The molecule has 0 saturated carbocycles. The van der Waals surface area contributed by atoms with Crippen LogP contribution in [0.3, 0.4) is 0 Å². The van der Waals surface area contributed by atoms with E-state index in [9.17, 15) is 16.8 Å². The van der Waals surface area contributed by atoms with Gasteiger partial charge in [0.2, 0.25) is 0 Å². The molecule has 0 aromatic heterocycles. The number of hydrogen-bond acceptors (Lipinski definition) is 4. The lowest BCUT2D eigenvalue weighted by molar-refractivity contribution is 0.596. The van der Waals surface area contributed by atoms with Crippen LogP contribution in [0.5, 0.6) is 0 Å². The van der Waals surface area contributed by atoms with Gasteiger partial charge in [-0.3, -0.25) is 0 Å². The van der Waals surface area contributed by atoms with E-state index in [4.69, 9.17) is 0 Å². The molecule has 0 unspecified atom stereocenters. The minimum atomic E-state index is -4.03. The van der Waals surface area contributed by atoms with E-state index < -0.39 is 20.0 Å². The Morgan fingerprint density at radius 3 is 1.21 bits per heavy atom. The van der Waals surface area contributed by atoms with Crippen LogP contribution in [0.1, 0.15) is 11.1 Å². The highest BCUT2D eigenvalue weighted by atomic mass is 32.2. The van der Waals surface area contributed by atoms with Crippen molar-refractivity contribution in [2.45, 2.75) is 9.79 Å². The molecular weight excluding hydrogens is 516 g/mol. The normalized spacial score (nSPS) is 15.8. The van der Waals surface area contributed by atoms with E-state index in [-0.39, 0.29) is 21.2 Å². The van der Waals surface area contributed by atoms with E-state index in [0.717, 1.165) is 21.5 Å². The molecule has 0 N–H and O–H groups in total. The third-order valence-corrected chi connectivity index (χ3v) is 8.93. The summed E-state index contributed by atoms with van der Waals surface area (Å²) < 4.78 is 61.0. The van der Waals surface area contributed by atoms with Crippen molar-refractivity contribution in [3.63, 3.8) is 0 Å². The topological polar surface area (TPSA) is 93.0 Å². The Bertz CT molecular complexity index is 1910. The Labute approximate surface area is 220 Å². The molecule has 8 heteroatoms. The quantitative estimate of drug-likeness (QED) is 0.285. The standard InChI is InChI=1S/C30H20N2O4S2/c33-37(34,25-15-13-21-7-1-3-9-23(21)19-25)31-29-17-18-30(28-12-6-5-11-27(28)29)32-38(35,36)26-16-14-22-8-2-4-10-24(22)20-26/h1-20H/b31-29+,32-30+. The van der Waals surface area contributed by atoms with E-state index in [2.05, 4.69) is 8.80 Å². The molecule has 1 aliphatic rings. The van der Waals surface area contributed by atoms with E-state index in [0.29, 0.717) is 11.1 Å². The molecular formula is C30H20N2O4S2. The summed E-state index contributed by atoms with van der Waals surface area (Å²) in [5.74, 6) is 0. The number of hydrogen-bond donors (Lipinski definition) is 0. The Morgan fingerprint density at radius 1 is 0.421 bits per heavy atom. The fraction of sp³-hybridized carbons (Fsp3) is 0. The van der Waals surface area contributed by atoms with Gasteiger partial charge in [0.05, 0.1) is 21.2 Å². The summed E-state index contributed by atoms with van der Waals surface area (Å²) >= 11 is 0. The maximum atomic E-state index is 13.2. The van der Waals surface area contributed by atoms with Gasteiger partial charge in [-0.15, -0.1) is 0 Å². The van der Waals surface area contributed by atoms with Crippen LogP contribution in [-0.4, -0.2) is 28.3 Å². The highest BCUT2D eigenvalue weighted by Crippen LogP contribution is 2.26. The molecule has 0 bridgehead atoms. The van der Waals surface area contributed by atoms with Crippen LogP contribution in [0.4, 0.5) is 0 Å². The molecule has 0 radical (unpaired) electrons. The van der Waals surface area contributed by atoms with Gasteiger partial charge < -0.3 is 0 Å². The highest BCUT2D eigenvalue weighted by molar-refractivity contribution is 7.90. The van der Waals surface area contributed by atoms with Crippen LogP contribution in [0.15, 0.2) is 140 Å². The second kappa shape index (κ2) is 9.16. The first-order chi connectivity index (χ1) is 18.3. The number of rotatable bonds is 4. The maximum absolute atomic E-state index is 13.2. The molecule has 186 valence electrons. The van der Waals surface area contributed by atoms with Crippen molar-refractivity contribution < 1.29 is 16.8 Å². The van der Waals surface area contributed by atoms with Crippen LogP contribution in [0, 0.1) is 0 Å². The van der Waals surface area contributed by atoms with Gasteiger partial charge in [-0.1, -0.05) is 84.9 Å².